The van der Waals surface area contributed by atoms with Gasteiger partial charge in [0.2, 0.25) is 0 Å². The monoisotopic (exact) mass is 278 g/mol. The molecule has 1 fully saturated rings. The molecular weight excluding hydrogens is 260 g/mol. The van der Waals surface area contributed by atoms with E-state index in [4.69, 9.17) is 4.98 Å². The number of hydrogen-bond acceptors (Lipinski definition) is 4. The summed E-state index contributed by atoms with van der Waals surface area (Å²) in [6.45, 7) is 0. The molecule has 0 spiro atoms. The first-order valence-electron chi connectivity index (χ1n) is 6.56. The first-order valence-corrected chi connectivity index (χ1v) is 7.83. The summed E-state index contributed by atoms with van der Waals surface area (Å²) in [5.41, 5.74) is 1.09. The van der Waals surface area contributed by atoms with Gasteiger partial charge in [0.1, 0.15) is 0 Å². The summed E-state index contributed by atoms with van der Waals surface area (Å²) in [4.78, 5) is 8.13. The number of rotatable bonds is 2. The van der Waals surface area contributed by atoms with Crippen LogP contribution in [0.5, 0.6) is 0 Å². The summed E-state index contributed by atoms with van der Waals surface area (Å²) in [5.74, 6) is 0. The fraction of sp³-hybridized carbons (Fsp3) is 0.500. The minimum atomic E-state index is 0.676. The molecule has 2 aromatic rings. The van der Waals surface area contributed by atoms with Crippen LogP contribution < -0.4 is 4.90 Å². The zero-order valence-electron chi connectivity index (χ0n) is 10.6. The van der Waals surface area contributed by atoms with Gasteiger partial charge in [-0.2, -0.15) is 0 Å². The molecule has 1 aliphatic carbocycles. The average molecular weight is 278 g/mol. The molecule has 1 heterocycles. The van der Waals surface area contributed by atoms with Gasteiger partial charge in [0.25, 0.3) is 0 Å². The van der Waals surface area contributed by atoms with Crippen molar-refractivity contribution >= 4 is 39.3 Å². The van der Waals surface area contributed by atoms with E-state index in [0.29, 0.717) is 6.04 Å². The number of nitrogens with zero attached hydrogens (tertiary/aromatic N) is 2. The Kier molecular flexibility index (Phi) is 3.48. The molecule has 0 unspecified atom stereocenters. The second-order valence-corrected chi connectivity index (χ2v) is 6.58. The molecule has 1 aromatic carbocycles. The molecule has 0 bridgehead atoms. The summed E-state index contributed by atoms with van der Waals surface area (Å²) in [6, 6.07) is 6.85. The molecule has 0 amide bonds. The third-order valence-corrected chi connectivity index (χ3v) is 5.17. The Labute approximate surface area is 117 Å². The minimum Gasteiger partial charge on any atom is -0.348 e. The fourth-order valence-corrected chi connectivity index (χ4v) is 4.01. The number of thiazole rings is 1. The number of aromatic nitrogens is 1. The van der Waals surface area contributed by atoms with Gasteiger partial charge in [0.15, 0.2) is 5.13 Å². The third-order valence-electron chi connectivity index (χ3n) is 3.78. The van der Waals surface area contributed by atoms with Crippen LogP contribution in [0.25, 0.3) is 10.2 Å². The van der Waals surface area contributed by atoms with Gasteiger partial charge in [-0.1, -0.05) is 30.6 Å². The smallest absolute Gasteiger partial charge is 0.186 e. The van der Waals surface area contributed by atoms with Crippen LogP contribution in [-0.4, -0.2) is 18.1 Å². The van der Waals surface area contributed by atoms with E-state index in [2.05, 4.69) is 36.7 Å². The lowest BCUT2D eigenvalue weighted by molar-refractivity contribution is 0.427. The van der Waals surface area contributed by atoms with Crippen LogP contribution in [0, 0.1) is 0 Å². The van der Waals surface area contributed by atoms with Crippen LogP contribution in [0.4, 0.5) is 5.13 Å². The van der Waals surface area contributed by atoms with Gasteiger partial charge in [0, 0.05) is 18.0 Å². The molecule has 3 rings (SSSR count). The van der Waals surface area contributed by atoms with Gasteiger partial charge >= 0.3 is 0 Å². The predicted octanol–water partition coefficient (Wildman–Crippen LogP) is 4.35. The van der Waals surface area contributed by atoms with Crippen LogP contribution in [0.2, 0.25) is 0 Å². The minimum absolute atomic E-state index is 0.676. The SMILES string of the molecule is CN(c1nc2ccc(S)cc2s1)C1CCCCC1. The Hall–Kier alpha value is -0.740. The van der Waals surface area contributed by atoms with Crippen molar-refractivity contribution in [3.63, 3.8) is 0 Å². The highest BCUT2D eigenvalue weighted by Gasteiger charge is 2.20. The zero-order valence-corrected chi connectivity index (χ0v) is 12.3. The number of hydrogen-bond donors (Lipinski definition) is 1. The van der Waals surface area contributed by atoms with Crippen molar-refractivity contribution in [3.8, 4) is 0 Å². The molecule has 0 aliphatic heterocycles. The van der Waals surface area contributed by atoms with E-state index in [1.54, 1.807) is 11.3 Å². The van der Waals surface area contributed by atoms with Crippen LogP contribution in [0.1, 0.15) is 32.1 Å². The van der Waals surface area contributed by atoms with Gasteiger partial charge in [-0.05, 0) is 31.0 Å². The molecule has 0 N–H and O–H groups in total. The van der Waals surface area contributed by atoms with Gasteiger partial charge in [0.05, 0.1) is 10.2 Å². The second-order valence-electron chi connectivity index (χ2n) is 5.05. The summed E-state index contributed by atoms with van der Waals surface area (Å²) in [5, 5.41) is 1.15. The Bertz CT molecular complexity index is 544. The quantitative estimate of drug-likeness (QED) is 0.822. The molecule has 4 heteroatoms. The van der Waals surface area contributed by atoms with Gasteiger partial charge in [-0.15, -0.1) is 12.6 Å². The Morgan fingerprint density at radius 1 is 1.28 bits per heavy atom. The van der Waals surface area contributed by atoms with Crippen molar-refractivity contribution in [2.24, 2.45) is 0 Å². The summed E-state index contributed by atoms with van der Waals surface area (Å²) in [7, 11) is 2.19. The largest absolute Gasteiger partial charge is 0.348 e. The number of thiol groups is 1. The highest BCUT2D eigenvalue weighted by atomic mass is 32.1. The van der Waals surface area contributed by atoms with Crippen molar-refractivity contribution in [2.75, 3.05) is 11.9 Å². The third kappa shape index (κ3) is 2.36. The predicted molar refractivity (Wildman–Crippen MR) is 82.1 cm³/mol. The molecule has 0 atom stereocenters. The highest BCUT2D eigenvalue weighted by molar-refractivity contribution is 7.80. The van der Waals surface area contributed by atoms with Gasteiger partial charge < -0.3 is 4.90 Å². The van der Waals surface area contributed by atoms with E-state index < -0.39 is 0 Å². The lowest BCUT2D eigenvalue weighted by Gasteiger charge is -2.30. The molecule has 1 saturated carbocycles. The Balaban J connectivity index is 1.88. The molecule has 2 nitrogen and oxygen atoms in total. The topological polar surface area (TPSA) is 16.1 Å². The normalized spacial score (nSPS) is 17.2. The highest BCUT2D eigenvalue weighted by Crippen LogP contribution is 2.33. The van der Waals surface area contributed by atoms with Crippen molar-refractivity contribution in [3.05, 3.63) is 18.2 Å². The van der Waals surface area contributed by atoms with Gasteiger partial charge in [-0.3, -0.25) is 0 Å². The maximum Gasteiger partial charge on any atom is 0.186 e. The Morgan fingerprint density at radius 2 is 2.06 bits per heavy atom. The molecule has 1 aromatic heterocycles. The Morgan fingerprint density at radius 3 is 2.83 bits per heavy atom. The maximum atomic E-state index is 4.74. The van der Waals surface area contributed by atoms with E-state index in [0.717, 1.165) is 15.5 Å². The lowest BCUT2D eigenvalue weighted by atomic mass is 9.95. The first-order chi connectivity index (χ1) is 8.74. The van der Waals surface area contributed by atoms with Crippen molar-refractivity contribution < 1.29 is 0 Å². The van der Waals surface area contributed by atoms with E-state index in [1.165, 1.54) is 36.8 Å². The standard InChI is InChI=1S/C14H18N2S2/c1-16(10-5-3-2-4-6-10)14-15-12-8-7-11(17)9-13(12)18-14/h7-10,17H,2-6H2,1H3. The van der Waals surface area contributed by atoms with E-state index in [-0.39, 0.29) is 0 Å². The van der Waals surface area contributed by atoms with Crippen LogP contribution in [0.3, 0.4) is 0 Å². The van der Waals surface area contributed by atoms with E-state index in [1.807, 2.05) is 6.07 Å². The summed E-state index contributed by atoms with van der Waals surface area (Å²) in [6.07, 6.45) is 6.74. The lowest BCUT2D eigenvalue weighted by Crippen LogP contribution is -2.33. The van der Waals surface area contributed by atoms with E-state index in [9.17, 15) is 0 Å². The maximum absolute atomic E-state index is 4.74. The molecule has 1 aliphatic rings. The molecule has 0 saturated heterocycles. The fourth-order valence-electron chi connectivity index (χ4n) is 2.68. The first kappa shape index (κ1) is 12.3. The summed E-state index contributed by atoms with van der Waals surface area (Å²) >= 11 is 6.17. The van der Waals surface area contributed by atoms with Crippen molar-refractivity contribution in [1.82, 2.24) is 4.98 Å². The molecular formula is C14H18N2S2. The number of fused-ring (bicyclic) bond motifs is 1. The second kappa shape index (κ2) is 5.10. The van der Waals surface area contributed by atoms with Crippen molar-refractivity contribution in [2.45, 2.75) is 43.0 Å². The molecule has 0 radical (unpaired) electrons. The zero-order chi connectivity index (χ0) is 12.5. The van der Waals surface area contributed by atoms with Crippen LogP contribution in [0.15, 0.2) is 23.1 Å². The van der Waals surface area contributed by atoms with Gasteiger partial charge in [-0.25, -0.2) is 4.98 Å². The number of anilines is 1. The molecule has 96 valence electrons. The van der Waals surface area contributed by atoms with Crippen molar-refractivity contribution in [1.29, 1.82) is 0 Å². The summed E-state index contributed by atoms with van der Waals surface area (Å²) < 4.78 is 1.24. The van der Waals surface area contributed by atoms with Crippen LogP contribution >= 0.6 is 24.0 Å². The number of benzene rings is 1. The average Bonchev–Trinajstić information content (AvgIpc) is 2.81. The molecule has 18 heavy (non-hydrogen) atoms. The van der Waals surface area contributed by atoms with E-state index >= 15 is 0 Å². The van der Waals surface area contributed by atoms with Crippen LogP contribution in [-0.2, 0) is 0 Å².